The molecule has 1 aromatic carbocycles. The summed E-state index contributed by atoms with van der Waals surface area (Å²) < 4.78 is 27.7. The molecule has 9 nitrogen and oxygen atoms in total. The topological polar surface area (TPSA) is 102 Å². The number of thiophene rings is 1. The van der Waals surface area contributed by atoms with Crippen molar-refractivity contribution in [2.45, 2.75) is 17.7 Å². The van der Waals surface area contributed by atoms with Crippen LogP contribution in [-0.4, -0.2) is 72.5 Å². The normalized spacial score (nSPS) is 15.2. The Balaban J connectivity index is 1.37. The van der Waals surface area contributed by atoms with E-state index < -0.39 is 10.0 Å². The van der Waals surface area contributed by atoms with Gasteiger partial charge in [0.2, 0.25) is 5.91 Å². The monoisotopic (exact) mass is 516 g/mol. The molecular weight excluding hydrogens is 492 g/mol. The number of hydrogen-bond donors (Lipinski definition) is 1. The van der Waals surface area contributed by atoms with Crippen molar-refractivity contribution in [1.82, 2.24) is 25.0 Å². The summed E-state index contributed by atoms with van der Waals surface area (Å²) >= 11 is 2.71. The number of anilines is 1. The van der Waals surface area contributed by atoms with Gasteiger partial charge in [-0.2, -0.15) is 0 Å². The number of hydrogen-bond acceptors (Lipinski definition) is 8. The van der Waals surface area contributed by atoms with E-state index in [-0.39, 0.29) is 5.91 Å². The summed E-state index contributed by atoms with van der Waals surface area (Å²) in [6.45, 7) is 5.39. The molecule has 1 amide bonds. The molecule has 3 aromatic heterocycles. The van der Waals surface area contributed by atoms with E-state index in [0.717, 1.165) is 52.8 Å². The van der Waals surface area contributed by atoms with Gasteiger partial charge in [0.25, 0.3) is 10.0 Å². The van der Waals surface area contributed by atoms with Crippen molar-refractivity contribution in [2.24, 2.45) is 0 Å². The average Bonchev–Trinajstić information content (AvgIpc) is 3.59. The smallest absolute Gasteiger partial charge is 0.273 e. The van der Waals surface area contributed by atoms with Crippen LogP contribution in [0, 0.1) is 0 Å². The zero-order valence-electron chi connectivity index (χ0n) is 18.8. The van der Waals surface area contributed by atoms with Gasteiger partial charge in [-0.1, -0.05) is 29.5 Å². The average molecular weight is 517 g/mol. The summed E-state index contributed by atoms with van der Waals surface area (Å²) in [5, 5.41) is 13.0. The number of rotatable bonds is 6. The number of carbonyl (C=O) groups excluding carboxylic acids is 1. The van der Waals surface area contributed by atoms with Crippen molar-refractivity contribution in [2.75, 3.05) is 37.5 Å². The molecule has 0 unspecified atom stereocenters. The minimum Gasteiger partial charge on any atom is -0.351 e. The summed E-state index contributed by atoms with van der Waals surface area (Å²) in [6.07, 6.45) is 0. The van der Waals surface area contributed by atoms with Crippen LogP contribution >= 0.6 is 22.7 Å². The van der Waals surface area contributed by atoms with Gasteiger partial charge in [-0.05, 0) is 23.6 Å². The van der Waals surface area contributed by atoms with Crippen molar-refractivity contribution >= 4 is 55.2 Å². The minimum atomic E-state index is -3.64. The molecule has 4 heterocycles. The molecule has 1 N–H and O–H groups in total. The number of aromatic nitrogens is 3. The molecule has 1 aliphatic heterocycles. The maximum atomic E-state index is 13.0. The first kappa shape index (κ1) is 23.0. The molecule has 178 valence electrons. The maximum absolute atomic E-state index is 13.0. The fourth-order valence-electron chi connectivity index (χ4n) is 4.03. The van der Waals surface area contributed by atoms with Gasteiger partial charge in [0.15, 0.2) is 5.01 Å². The van der Waals surface area contributed by atoms with Crippen LogP contribution in [0.15, 0.2) is 46.0 Å². The van der Waals surface area contributed by atoms with Gasteiger partial charge in [0, 0.05) is 45.5 Å². The van der Waals surface area contributed by atoms with E-state index >= 15 is 0 Å². The molecule has 0 aliphatic carbocycles. The Morgan fingerprint density at radius 2 is 1.94 bits per heavy atom. The minimum absolute atomic E-state index is 0.116. The van der Waals surface area contributed by atoms with Crippen molar-refractivity contribution < 1.29 is 13.2 Å². The molecule has 0 bridgehead atoms. The van der Waals surface area contributed by atoms with Crippen LogP contribution in [0.3, 0.4) is 0 Å². The van der Waals surface area contributed by atoms with E-state index in [1.165, 1.54) is 27.0 Å². The summed E-state index contributed by atoms with van der Waals surface area (Å²) in [5.41, 5.74) is 2.11. The molecular formula is C22H24N6O3S3. The lowest BCUT2D eigenvalue weighted by atomic mass is 10.2. The van der Waals surface area contributed by atoms with Gasteiger partial charge < -0.3 is 9.88 Å². The Bertz CT molecular complexity index is 1420. The van der Waals surface area contributed by atoms with E-state index in [1.807, 2.05) is 23.1 Å². The van der Waals surface area contributed by atoms with E-state index in [1.54, 1.807) is 37.6 Å². The van der Waals surface area contributed by atoms with E-state index in [2.05, 4.69) is 20.1 Å². The highest BCUT2D eigenvalue weighted by atomic mass is 32.2. The fraction of sp³-hybridized carbons (Fsp3) is 0.318. The third kappa shape index (κ3) is 4.33. The third-order valence-electron chi connectivity index (χ3n) is 5.96. The van der Waals surface area contributed by atoms with Crippen LogP contribution in [0.2, 0.25) is 0 Å². The number of H-pyrrole nitrogens is 1. The van der Waals surface area contributed by atoms with E-state index in [4.69, 9.17) is 0 Å². The number of carbonyl (C=O) groups is 1. The number of nitrogens with one attached hydrogen (secondary N) is 1. The van der Waals surface area contributed by atoms with Crippen molar-refractivity contribution in [3.63, 3.8) is 0 Å². The highest BCUT2D eigenvalue weighted by Gasteiger charge is 2.25. The summed E-state index contributed by atoms with van der Waals surface area (Å²) in [7, 11) is -2.07. The third-order valence-corrected chi connectivity index (χ3v) is 10.0. The van der Waals surface area contributed by atoms with Gasteiger partial charge >= 0.3 is 0 Å². The zero-order chi connectivity index (χ0) is 23.9. The number of sulfonamides is 1. The Labute approximate surface area is 205 Å². The van der Waals surface area contributed by atoms with Gasteiger partial charge in [0.05, 0.1) is 23.4 Å². The van der Waals surface area contributed by atoms with E-state index in [9.17, 15) is 13.2 Å². The van der Waals surface area contributed by atoms with Crippen LogP contribution in [0.4, 0.5) is 5.69 Å². The molecule has 0 radical (unpaired) electrons. The standard InChI is InChI=1S/C22H24N6O3S3/c1-15(29)28-10-8-27(9-11-28)14-19-24-25-22(33-19)17-13-16-5-3-6-18(21(16)23-17)26(2)34(30,31)20-7-4-12-32-20/h3-7,12-13,23H,8-11,14H2,1-2H3. The fourth-order valence-corrected chi connectivity index (χ4v) is 7.25. The van der Waals surface area contributed by atoms with Crippen molar-refractivity contribution in [3.05, 3.63) is 46.8 Å². The summed E-state index contributed by atoms with van der Waals surface area (Å²) in [6, 6.07) is 10.9. The number of aromatic amines is 1. The second-order valence-electron chi connectivity index (χ2n) is 8.11. The number of fused-ring (bicyclic) bond motifs is 1. The first-order chi connectivity index (χ1) is 16.3. The van der Waals surface area contributed by atoms with Crippen LogP contribution in [0.25, 0.3) is 21.6 Å². The molecule has 1 aliphatic rings. The lowest BCUT2D eigenvalue weighted by Gasteiger charge is -2.33. The first-order valence-electron chi connectivity index (χ1n) is 10.8. The predicted molar refractivity (Wildman–Crippen MR) is 135 cm³/mol. The molecule has 4 aromatic rings. The quantitative estimate of drug-likeness (QED) is 0.422. The number of piperazine rings is 1. The summed E-state index contributed by atoms with van der Waals surface area (Å²) in [4.78, 5) is 19.0. The predicted octanol–water partition coefficient (Wildman–Crippen LogP) is 3.24. The SMILES string of the molecule is CC(=O)N1CCN(Cc2nnc(-c3cc4cccc(N(C)S(=O)(=O)c5cccs5)c4[nH]3)s2)CC1. The molecule has 0 spiro atoms. The van der Waals surface area contributed by atoms with Crippen molar-refractivity contribution in [1.29, 1.82) is 0 Å². The van der Waals surface area contributed by atoms with Gasteiger partial charge in [-0.15, -0.1) is 21.5 Å². The Morgan fingerprint density at radius 1 is 1.15 bits per heavy atom. The number of para-hydroxylation sites is 1. The zero-order valence-corrected chi connectivity index (χ0v) is 21.2. The highest BCUT2D eigenvalue weighted by Crippen LogP contribution is 2.34. The molecule has 1 saturated heterocycles. The lowest BCUT2D eigenvalue weighted by molar-refractivity contribution is -0.130. The van der Waals surface area contributed by atoms with Crippen LogP contribution in [0.5, 0.6) is 0 Å². The molecule has 34 heavy (non-hydrogen) atoms. The second-order valence-corrected chi connectivity index (χ2v) is 12.3. The molecule has 0 saturated carbocycles. The molecule has 1 fully saturated rings. The molecule has 0 atom stereocenters. The molecule has 12 heteroatoms. The molecule has 5 rings (SSSR count). The highest BCUT2D eigenvalue weighted by molar-refractivity contribution is 7.94. The Hall–Kier alpha value is -2.80. The van der Waals surface area contributed by atoms with Gasteiger partial charge in [0.1, 0.15) is 9.22 Å². The number of amides is 1. The number of nitrogens with zero attached hydrogens (tertiary/aromatic N) is 5. The van der Waals surface area contributed by atoms with Crippen LogP contribution in [0.1, 0.15) is 11.9 Å². The second kappa shape index (κ2) is 9.10. The Kier molecular flexibility index (Phi) is 6.15. The lowest BCUT2D eigenvalue weighted by Crippen LogP contribution is -2.47. The Morgan fingerprint density at radius 3 is 2.65 bits per heavy atom. The summed E-state index contributed by atoms with van der Waals surface area (Å²) in [5.74, 6) is 0.116. The van der Waals surface area contributed by atoms with Gasteiger partial charge in [-0.3, -0.25) is 14.0 Å². The van der Waals surface area contributed by atoms with Crippen LogP contribution < -0.4 is 4.31 Å². The largest absolute Gasteiger partial charge is 0.351 e. The first-order valence-corrected chi connectivity index (χ1v) is 13.9. The van der Waals surface area contributed by atoms with Crippen molar-refractivity contribution in [3.8, 4) is 10.7 Å². The van der Waals surface area contributed by atoms with Gasteiger partial charge in [-0.25, -0.2) is 8.42 Å². The van der Waals surface area contributed by atoms with E-state index in [0.29, 0.717) is 16.4 Å². The number of benzene rings is 1. The van der Waals surface area contributed by atoms with Crippen LogP contribution in [-0.2, 0) is 21.4 Å². The maximum Gasteiger partial charge on any atom is 0.273 e.